The fraction of sp³-hybridized carbons (Fsp3) is 0.867. The summed E-state index contributed by atoms with van der Waals surface area (Å²) in [6.45, 7) is 4.78. The fourth-order valence-corrected chi connectivity index (χ4v) is 1.60. The number of hydrogen-bond acceptors (Lipinski definition) is 7. The maximum atomic E-state index is 11.3. The number of carboxylic acid groups (broad SMARTS) is 1. The second-order valence-corrected chi connectivity index (χ2v) is 4.84. The standard InChI is InChI=1S/C15H30N2O7/c16-4-6-21-8-10-23-12-13-24-11-9-22-7-5-17-14(18)2-1-3-15(19)20/h1-13,16H2,(H,17,18)(H,19,20). The molecule has 0 heterocycles. The molecule has 0 aromatic rings. The third kappa shape index (κ3) is 18.8. The zero-order valence-electron chi connectivity index (χ0n) is 14.2. The lowest BCUT2D eigenvalue weighted by atomic mass is 10.2. The molecule has 0 aliphatic heterocycles. The van der Waals surface area contributed by atoms with Crippen LogP contribution in [0.5, 0.6) is 0 Å². The number of nitrogens with one attached hydrogen (secondary N) is 1. The summed E-state index contributed by atoms with van der Waals surface area (Å²) in [5, 5.41) is 11.1. The molecule has 0 fully saturated rings. The molecular weight excluding hydrogens is 320 g/mol. The minimum Gasteiger partial charge on any atom is -0.481 e. The van der Waals surface area contributed by atoms with Crippen LogP contribution in [0.4, 0.5) is 0 Å². The van der Waals surface area contributed by atoms with Gasteiger partial charge in [-0.1, -0.05) is 0 Å². The fourth-order valence-electron chi connectivity index (χ4n) is 1.60. The molecule has 0 rings (SSSR count). The molecule has 0 atom stereocenters. The minimum absolute atomic E-state index is 0.00565. The van der Waals surface area contributed by atoms with E-state index in [1.165, 1.54) is 0 Å². The van der Waals surface area contributed by atoms with Crippen molar-refractivity contribution in [3.8, 4) is 0 Å². The first kappa shape index (κ1) is 22.7. The maximum absolute atomic E-state index is 11.3. The van der Waals surface area contributed by atoms with Gasteiger partial charge in [-0.25, -0.2) is 0 Å². The monoisotopic (exact) mass is 350 g/mol. The van der Waals surface area contributed by atoms with Gasteiger partial charge in [-0.05, 0) is 6.42 Å². The SMILES string of the molecule is NCCOCCOCCOCCOCCNC(=O)CCCC(=O)O. The van der Waals surface area contributed by atoms with E-state index >= 15 is 0 Å². The highest BCUT2D eigenvalue weighted by Gasteiger charge is 2.03. The molecule has 142 valence electrons. The van der Waals surface area contributed by atoms with Crippen LogP contribution in [0.1, 0.15) is 19.3 Å². The van der Waals surface area contributed by atoms with Crippen molar-refractivity contribution < 1.29 is 33.6 Å². The Balaban J connectivity index is 3.12. The zero-order valence-corrected chi connectivity index (χ0v) is 14.2. The van der Waals surface area contributed by atoms with Crippen LogP contribution in [0.25, 0.3) is 0 Å². The van der Waals surface area contributed by atoms with E-state index in [2.05, 4.69) is 5.32 Å². The van der Waals surface area contributed by atoms with E-state index in [-0.39, 0.29) is 18.7 Å². The van der Waals surface area contributed by atoms with E-state index in [9.17, 15) is 9.59 Å². The number of nitrogens with two attached hydrogens (primary N) is 1. The van der Waals surface area contributed by atoms with Gasteiger partial charge in [0.15, 0.2) is 0 Å². The Morgan fingerprint density at radius 2 is 1.29 bits per heavy atom. The van der Waals surface area contributed by atoms with Crippen molar-refractivity contribution in [3.63, 3.8) is 0 Å². The third-order valence-electron chi connectivity index (χ3n) is 2.74. The van der Waals surface area contributed by atoms with Gasteiger partial charge < -0.3 is 35.1 Å². The van der Waals surface area contributed by atoms with E-state index < -0.39 is 5.97 Å². The van der Waals surface area contributed by atoms with Crippen LogP contribution < -0.4 is 11.1 Å². The molecule has 1 amide bonds. The Morgan fingerprint density at radius 3 is 1.79 bits per heavy atom. The van der Waals surface area contributed by atoms with Crippen molar-refractivity contribution in [3.05, 3.63) is 0 Å². The van der Waals surface area contributed by atoms with E-state index in [0.29, 0.717) is 72.4 Å². The molecule has 24 heavy (non-hydrogen) atoms. The Labute approximate surface area is 142 Å². The number of carbonyl (C=O) groups excluding carboxylic acids is 1. The first-order chi connectivity index (χ1) is 11.7. The molecule has 0 spiro atoms. The van der Waals surface area contributed by atoms with Crippen molar-refractivity contribution in [2.75, 3.05) is 65.9 Å². The van der Waals surface area contributed by atoms with Gasteiger partial charge in [0.1, 0.15) is 0 Å². The zero-order chi connectivity index (χ0) is 17.9. The number of carboxylic acids is 1. The first-order valence-electron chi connectivity index (χ1n) is 8.16. The van der Waals surface area contributed by atoms with Crippen LogP contribution in [-0.4, -0.2) is 82.9 Å². The number of hydrogen-bond donors (Lipinski definition) is 3. The molecule has 0 saturated heterocycles. The van der Waals surface area contributed by atoms with Crippen LogP contribution in [0.3, 0.4) is 0 Å². The molecule has 9 nitrogen and oxygen atoms in total. The Hall–Kier alpha value is -1.26. The van der Waals surface area contributed by atoms with Gasteiger partial charge >= 0.3 is 5.97 Å². The third-order valence-corrected chi connectivity index (χ3v) is 2.74. The quantitative estimate of drug-likeness (QED) is 0.279. The van der Waals surface area contributed by atoms with Crippen molar-refractivity contribution in [2.45, 2.75) is 19.3 Å². The van der Waals surface area contributed by atoms with Gasteiger partial charge in [-0.15, -0.1) is 0 Å². The number of ether oxygens (including phenoxy) is 4. The van der Waals surface area contributed by atoms with Crippen LogP contribution >= 0.6 is 0 Å². The van der Waals surface area contributed by atoms with Crippen LogP contribution in [-0.2, 0) is 28.5 Å². The highest BCUT2D eigenvalue weighted by atomic mass is 16.6. The van der Waals surface area contributed by atoms with E-state index in [1.807, 2.05) is 0 Å². The van der Waals surface area contributed by atoms with E-state index in [4.69, 9.17) is 29.8 Å². The normalized spacial score (nSPS) is 10.7. The molecule has 0 aromatic carbocycles. The van der Waals surface area contributed by atoms with Gasteiger partial charge in [0.25, 0.3) is 0 Å². The summed E-state index contributed by atoms with van der Waals surface area (Å²) in [6.07, 6.45) is 0.565. The van der Waals surface area contributed by atoms with Gasteiger partial charge in [-0.2, -0.15) is 0 Å². The van der Waals surface area contributed by atoms with Gasteiger partial charge in [0.05, 0.1) is 52.9 Å². The van der Waals surface area contributed by atoms with Crippen molar-refractivity contribution in [1.29, 1.82) is 0 Å². The lowest BCUT2D eigenvalue weighted by molar-refractivity contribution is -0.137. The summed E-state index contributed by atoms with van der Waals surface area (Å²) in [5.74, 6) is -1.06. The summed E-state index contributed by atoms with van der Waals surface area (Å²) < 4.78 is 21.0. The summed E-state index contributed by atoms with van der Waals surface area (Å²) in [6, 6.07) is 0. The van der Waals surface area contributed by atoms with Crippen molar-refractivity contribution in [1.82, 2.24) is 5.32 Å². The molecule has 9 heteroatoms. The largest absolute Gasteiger partial charge is 0.481 e. The van der Waals surface area contributed by atoms with Gasteiger partial charge in [0, 0.05) is 25.9 Å². The molecule has 0 aliphatic rings. The summed E-state index contributed by atoms with van der Waals surface area (Å²) in [7, 11) is 0. The van der Waals surface area contributed by atoms with Gasteiger partial charge in [-0.3, -0.25) is 9.59 Å². The highest BCUT2D eigenvalue weighted by Crippen LogP contribution is 1.94. The molecule has 0 radical (unpaired) electrons. The van der Waals surface area contributed by atoms with Crippen molar-refractivity contribution >= 4 is 11.9 Å². The summed E-state index contributed by atoms with van der Waals surface area (Å²) in [4.78, 5) is 21.6. The Kier molecular flexibility index (Phi) is 17.1. The number of carbonyl (C=O) groups is 2. The maximum Gasteiger partial charge on any atom is 0.303 e. The van der Waals surface area contributed by atoms with Crippen LogP contribution in [0.2, 0.25) is 0 Å². The molecule has 0 aliphatic carbocycles. The lowest BCUT2D eigenvalue weighted by Gasteiger charge is -2.08. The number of aliphatic carboxylic acids is 1. The Morgan fingerprint density at radius 1 is 0.792 bits per heavy atom. The molecule has 0 bridgehead atoms. The average molecular weight is 350 g/mol. The second kappa shape index (κ2) is 18.1. The van der Waals surface area contributed by atoms with E-state index in [1.54, 1.807) is 0 Å². The average Bonchev–Trinajstić information content (AvgIpc) is 2.55. The predicted octanol–water partition coefficient (Wildman–Crippen LogP) is -0.617. The van der Waals surface area contributed by atoms with Gasteiger partial charge in [0.2, 0.25) is 5.91 Å². The highest BCUT2D eigenvalue weighted by molar-refractivity contribution is 5.76. The van der Waals surface area contributed by atoms with Crippen LogP contribution in [0.15, 0.2) is 0 Å². The van der Waals surface area contributed by atoms with Crippen LogP contribution in [0, 0.1) is 0 Å². The van der Waals surface area contributed by atoms with Crippen molar-refractivity contribution in [2.24, 2.45) is 5.73 Å². The smallest absolute Gasteiger partial charge is 0.303 e. The summed E-state index contributed by atoms with van der Waals surface area (Å²) >= 11 is 0. The lowest BCUT2D eigenvalue weighted by Crippen LogP contribution is -2.27. The Bertz CT molecular complexity index is 316. The second-order valence-electron chi connectivity index (χ2n) is 4.84. The first-order valence-corrected chi connectivity index (χ1v) is 8.16. The minimum atomic E-state index is -0.892. The predicted molar refractivity (Wildman–Crippen MR) is 86.8 cm³/mol. The number of rotatable bonds is 18. The molecule has 0 aromatic heterocycles. The number of amides is 1. The summed E-state index contributed by atoms with van der Waals surface area (Å²) in [5.41, 5.74) is 5.27. The molecule has 0 saturated carbocycles. The van der Waals surface area contributed by atoms with E-state index in [0.717, 1.165) is 0 Å². The topological polar surface area (TPSA) is 129 Å². The molecule has 4 N–H and O–H groups in total. The molecule has 0 unspecified atom stereocenters. The molecular formula is C15H30N2O7.